The number of halogens is 6. The summed E-state index contributed by atoms with van der Waals surface area (Å²) in [6.07, 6.45) is -8.24. The number of esters is 4. The Morgan fingerprint density at radius 3 is 1.91 bits per heavy atom. The summed E-state index contributed by atoms with van der Waals surface area (Å²) in [6, 6.07) is 12.7. The minimum atomic E-state index is -5.30. The quantitative estimate of drug-likeness (QED) is 0.0401. The molecule has 0 saturated carbocycles. The van der Waals surface area contributed by atoms with Crippen molar-refractivity contribution < 1.29 is 83.8 Å². The maximum Gasteiger partial charge on any atom is 0.432 e. The summed E-state index contributed by atoms with van der Waals surface area (Å²) in [5.74, 6) is -6.29. The first kappa shape index (κ1) is 55.6. The molecule has 0 bridgehead atoms. The average Bonchev–Trinajstić information content (AvgIpc) is 4.03. The third-order valence-corrected chi connectivity index (χ3v) is 12.5. The standard InChI is InChI=1S/C50H62F6O12/c1-10-38(67-45(60)48(63-9,50(54,55)56)36-22-15-12-16-23-36)33(5)43-39(66-43)28-30(2)18-17-19-31(3)42-32(4)24-25-40(64-34(6)57)46(7,61)27-26-37(29-41(58)68-42)65-44(59)47(62-8,49(51,52)53)35-20-13-11-14-21-35/h11-25,30,32-33,37-40,42-43,61H,10,26-29H2,1-9H3/b18-17+,25-24+,31-19+/t30-,32+,33-,37-,38+,39-,40+,42-,43-,46-,47+,48+/m1/s1. The molecule has 0 amide bonds. The molecule has 0 unspecified atom stereocenters. The van der Waals surface area contributed by atoms with Gasteiger partial charge in [-0.3, -0.25) is 9.59 Å². The maximum absolute atomic E-state index is 14.8. The predicted octanol–water partition coefficient (Wildman–Crippen LogP) is 9.33. The van der Waals surface area contributed by atoms with Crippen LogP contribution in [-0.2, 0) is 63.5 Å². The number of hydrogen-bond acceptors (Lipinski definition) is 12. The number of methoxy groups -OCH3 is 2. The minimum Gasteiger partial charge on any atom is -0.459 e. The van der Waals surface area contributed by atoms with Gasteiger partial charge in [0.25, 0.3) is 11.2 Å². The van der Waals surface area contributed by atoms with E-state index in [1.807, 2.05) is 13.0 Å². The van der Waals surface area contributed by atoms with E-state index in [-0.39, 0.29) is 31.3 Å². The van der Waals surface area contributed by atoms with Crippen LogP contribution in [-0.4, -0.2) is 97.8 Å². The number of epoxide rings is 1. The summed E-state index contributed by atoms with van der Waals surface area (Å²) in [6.45, 7) is 11.2. The Balaban J connectivity index is 1.51. The van der Waals surface area contributed by atoms with Crippen molar-refractivity contribution in [2.75, 3.05) is 14.2 Å². The van der Waals surface area contributed by atoms with Gasteiger partial charge in [-0.2, -0.15) is 26.3 Å². The molecule has 12 nitrogen and oxygen atoms in total. The fourth-order valence-corrected chi connectivity index (χ4v) is 8.47. The minimum absolute atomic E-state index is 0.113. The Morgan fingerprint density at radius 1 is 0.868 bits per heavy atom. The summed E-state index contributed by atoms with van der Waals surface area (Å²) in [5.41, 5.74) is -9.20. The van der Waals surface area contributed by atoms with E-state index in [1.54, 1.807) is 45.9 Å². The molecule has 2 heterocycles. The van der Waals surface area contributed by atoms with Crippen molar-refractivity contribution in [2.45, 2.75) is 146 Å². The topological polar surface area (TPSA) is 156 Å². The summed E-state index contributed by atoms with van der Waals surface area (Å²) >= 11 is 0. The van der Waals surface area contributed by atoms with Gasteiger partial charge >= 0.3 is 36.2 Å². The number of benzene rings is 2. The second-order valence-corrected chi connectivity index (χ2v) is 17.7. The highest BCUT2D eigenvalue weighted by molar-refractivity contribution is 5.84. The van der Waals surface area contributed by atoms with Gasteiger partial charge in [0.2, 0.25) is 0 Å². The van der Waals surface area contributed by atoms with Crippen LogP contribution in [0.15, 0.2) is 96.6 Å². The van der Waals surface area contributed by atoms with Crippen LogP contribution in [0.2, 0.25) is 0 Å². The predicted molar refractivity (Wildman–Crippen MR) is 235 cm³/mol. The molecule has 4 rings (SSSR count). The molecule has 12 atom stereocenters. The molecule has 2 aliphatic heterocycles. The van der Waals surface area contributed by atoms with E-state index < -0.39 is 113 Å². The van der Waals surface area contributed by atoms with Crippen molar-refractivity contribution in [3.05, 3.63) is 108 Å². The second kappa shape index (κ2) is 23.0. The highest BCUT2D eigenvalue weighted by atomic mass is 19.4. The number of cyclic esters (lactones) is 1. The first-order chi connectivity index (χ1) is 31.8. The molecule has 1 fully saturated rings. The van der Waals surface area contributed by atoms with Gasteiger partial charge in [-0.15, -0.1) is 0 Å². The normalized spacial score (nSPS) is 27.7. The molecular formula is C50H62F6O12. The number of hydrogen-bond donors (Lipinski definition) is 1. The molecule has 1 N–H and O–H groups in total. The van der Waals surface area contributed by atoms with Gasteiger partial charge in [0.15, 0.2) is 0 Å². The van der Waals surface area contributed by atoms with Crippen molar-refractivity contribution >= 4 is 23.9 Å². The summed E-state index contributed by atoms with van der Waals surface area (Å²) in [4.78, 5) is 52.8. The lowest BCUT2D eigenvalue weighted by atomic mass is 9.88. The van der Waals surface area contributed by atoms with E-state index in [0.29, 0.717) is 19.1 Å². The van der Waals surface area contributed by atoms with Crippen LogP contribution in [0.1, 0.15) is 91.7 Å². The molecule has 0 spiro atoms. The smallest absolute Gasteiger partial charge is 0.432 e. The Bertz CT molecular complexity index is 2110. The molecule has 2 aromatic carbocycles. The van der Waals surface area contributed by atoms with Crippen LogP contribution in [0.3, 0.4) is 0 Å². The fourth-order valence-electron chi connectivity index (χ4n) is 8.47. The SMILES string of the molecule is CC[C@H](OC(=O)[C@@](OC)(c1ccccc1)C(F)(F)F)[C@@H](C)[C@H]1O[C@@H]1C[C@H](C)/C=C/C=C(\C)[C@H]1OC(=O)C[C@H](OC(=O)[C@@](OC)(c2ccccc2)C(F)(F)F)CC[C@@](C)(O)[C@@H](OC(C)=O)/C=C/[C@@H]1C. The number of carbonyl (C=O) groups is 4. The van der Waals surface area contributed by atoms with E-state index in [9.17, 15) is 50.6 Å². The number of ether oxygens (including phenoxy) is 7. The maximum atomic E-state index is 14.8. The van der Waals surface area contributed by atoms with E-state index >= 15 is 0 Å². The van der Waals surface area contributed by atoms with Crippen LogP contribution in [0, 0.1) is 17.8 Å². The van der Waals surface area contributed by atoms with Crippen LogP contribution in [0.4, 0.5) is 26.3 Å². The van der Waals surface area contributed by atoms with Crippen molar-refractivity contribution in [3.8, 4) is 0 Å². The summed E-state index contributed by atoms with van der Waals surface area (Å²) < 4.78 is 126. The highest BCUT2D eigenvalue weighted by Crippen LogP contribution is 2.46. The molecule has 1 saturated heterocycles. The van der Waals surface area contributed by atoms with Gasteiger partial charge in [-0.25, -0.2) is 9.59 Å². The Kier molecular flexibility index (Phi) is 18.8. The number of carbonyl (C=O) groups excluding carboxylic acids is 4. The van der Waals surface area contributed by atoms with E-state index in [4.69, 9.17) is 33.2 Å². The van der Waals surface area contributed by atoms with E-state index in [1.165, 1.54) is 49.4 Å². The Morgan fingerprint density at radius 2 is 1.41 bits per heavy atom. The van der Waals surface area contributed by atoms with E-state index in [2.05, 4.69) is 0 Å². The fraction of sp³-hybridized carbons (Fsp3) is 0.560. The molecule has 2 aromatic rings. The third kappa shape index (κ3) is 13.0. The van der Waals surface area contributed by atoms with Gasteiger partial charge in [0.05, 0.1) is 18.6 Å². The van der Waals surface area contributed by atoms with Crippen LogP contribution in [0.25, 0.3) is 0 Å². The van der Waals surface area contributed by atoms with E-state index in [0.717, 1.165) is 38.3 Å². The van der Waals surface area contributed by atoms with Gasteiger partial charge in [-0.1, -0.05) is 113 Å². The largest absolute Gasteiger partial charge is 0.459 e. The first-order valence-electron chi connectivity index (χ1n) is 22.3. The Hall–Kier alpha value is -5.04. The average molecular weight is 969 g/mol. The van der Waals surface area contributed by atoms with Gasteiger partial charge in [0, 0.05) is 44.1 Å². The van der Waals surface area contributed by atoms with Crippen LogP contribution in [0.5, 0.6) is 0 Å². The molecule has 0 aliphatic carbocycles. The van der Waals surface area contributed by atoms with Gasteiger partial charge in [0.1, 0.15) is 30.0 Å². The van der Waals surface area contributed by atoms with Crippen molar-refractivity contribution in [1.29, 1.82) is 0 Å². The summed E-state index contributed by atoms with van der Waals surface area (Å²) in [5, 5.41) is 11.5. The summed E-state index contributed by atoms with van der Waals surface area (Å²) in [7, 11) is 1.51. The number of aliphatic hydroxyl groups is 1. The third-order valence-electron chi connectivity index (χ3n) is 12.5. The zero-order valence-electron chi connectivity index (χ0n) is 39.6. The molecule has 0 aromatic heterocycles. The van der Waals surface area contributed by atoms with Crippen molar-refractivity contribution in [2.24, 2.45) is 17.8 Å². The van der Waals surface area contributed by atoms with Gasteiger partial charge < -0.3 is 38.3 Å². The zero-order valence-corrected chi connectivity index (χ0v) is 39.6. The van der Waals surface area contributed by atoms with Crippen molar-refractivity contribution in [3.63, 3.8) is 0 Å². The Labute approximate surface area is 393 Å². The molecule has 2 aliphatic rings. The molecule has 18 heteroatoms. The van der Waals surface area contributed by atoms with Gasteiger partial charge in [-0.05, 0) is 57.1 Å². The highest BCUT2D eigenvalue weighted by Gasteiger charge is 2.66. The lowest BCUT2D eigenvalue weighted by Crippen LogP contribution is -2.53. The zero-order chi connectivity index (χ0) is 50.8. The lowest BCUT2D eigenvalue weighted by molar-refractivity contribution is -0.279. The number of alkyl halides is 6. The molecule has 376 valence electrons. The second-order valence-electron chi connectivity index (χ2n) is 17.7. The first-order valence-corrected chi connectivity index (χ1v) is 22.3. The molecular weight excluding hydrogens is 907 g/mol. The number of allylic oxidation sites excluding steroid dienone is 3. The lowest BCUT2D eigenvalue weighted by Gasteiger charge is -2.35. The molecule has 0 radical (unpaired) electrons. The monoisotopic (exact) mass is 968 g/mol. The van der Waals surface area contributed by atoms with Crippen LogP contribution < -0.4 is 0 Å². The van der Waals surface area contributed by atoms with Crippen molar-refractivity contribution in [1.82, 2.24) is 0 Å². The number of rotatable bonds is 17. The van der Waals surface area contributed by atoms with Crippen LogP contribution >= 0.6 is 0 Å². The molecule has 68 heavy (non-hydrogen) atoms.